The molecule has 0 unspecified atom stereocenters. The van der Waals surface area contributed by atoms with Crippen LogP contribution in [0, 0.1) is 5.82 Å². The van der Waals surface area contributed by atoms with Gasteiger partial charge in [0.1, 0.15) is 17.2 Å². The molecular formula is C26H31FN4O5. The number of anilines is 1. The Morgan fingerprint density at radius 2 is 1.92 bits per heavy atom. The molecule has 1 aliphatic rings. The number of methoxy groups -OCH3 is 1. The minimum atomic E-state index is -0.814. The number of nitrogens with zero attached hydrogens (tertiary/aromatic N) is 3. The van der Waals surface area contributed by atoms with E-state index >= 15 is 0 Å². The van der Waals surface area contributed by atoms with E-state index in [1.807, 2.05) is 25.3 Å². The third-order valence-electron chi connectivity index (χ3n) is 5.75. The number of ether oxygens (including phenoxy) is 3. The Morgan fingerprint density at radius 3 is 2.61 bits per heavy atom. The van der Waals surface area contributed by atoms with Gasteiger partial charge in [0.2, 0.25) is 5.95 Å². The standard InChI is InChI=1S/C26H31FN4O5/c1-26(2,3)36-24(32)28-19-6-5-13-30(16-19)23-29-21-12-11-20(35-25(33)34-4)14-22(21)31(23)15-17-7-9-18(27)10-8-17/h7-12,14,19H,5-6,13,15-16H2,1-4H3,(H,28,32)/t19-/m1/s1. The third-order valence-corrected chi connectivity index (χ3v) is 5.75. The first-order chi connectivity index (χ1) is 17.1. The van der Waals surface area contributed by atoms with Gasteiger partial charge in [0.15, 0.2) is 0 Å². The highest BCUT2D eigenvalue weighted by atomic mass is 19.1. The quantitative estimate of drug-likeness (QED) is 0.396. The molecular weight excluding hydrogens is 467 g/mol. The van der Waals surface area contributed by atoms with Crippen LogP contribution in [-0.4, -0.2) is 53.6 Å². The maximum absolute atomic E-state index is 13.5. The van der Waals surface area contributed by atoms with Crippen molar-refractivity contribution in [2.45, 2.75) is 51.8 Å². The maximum atomic E-state index is 13.5. The molecule has 1 amide bonds. The van der Waals surface area contributed by atoms with Crippen molar-refractivity contribution in [2.75, 3.05) is 25.1 Å². The molecule has 0 bridgehead atoms. The van der Waals surface area contributed by atoms with E-state index in [-0.39, 0.29) is 11.9 Å². The van der Waals surface area contributed by atoms with Crippen molar-refractivity contribution in [3.05, 3.63) is 53.8 Å². The molecule has 9 nitrogen and oxygen atoms in total. The molecule has 1 aromatic heterocycles. The molecule has 0 radical (unpaired) electrons. The lowest BCUT2D eigenvalue weighted by Crippen LogP contribution is -2.49. The van der Waals surface area contributed by atoms with Gasteiger partial charge in [0, 0.05) is 25.2 Å². The Bertz CT molecular complexity index is 1240. The van der Waals surface area contributed by atoms with Crippen molar-refractivity contribution in [3.63, 3.8) is 0 Å². The highest BCUT2D eigenvalue weighted by Crippen LogP contribution is 2.29. The molecule has 1 fully saturated rings. The van der Waals surface area contributed by atoms with E-state index in [9.17, 15) is 14.0 Å². The topological polar surface area (TPSA) is 94.9 Å². The molecule has 1 saturated heterocycles. The van der Waals surface area contributed by atoms with Gasteiger partial charge in [-0.3, -0.25) is 0 Å². The van der Waals surface area contributed by atoms with Crippen molar-refractivity contribution in [2.24, 2.45) is 0 Å². The number of carbonyl (C=O) groups excluding carboxylic acids is 2. The lowest BCUT2D eigenvalue weighted by Gasteiger charge is -2.34. The molecule has 1 aliphatic heterocycles. The second-order valence-corrected chi connectivity index (χ2v) is 9.76. The van der Waals surface area contributed by atoms with Crippen LogP contribution in [0.25, 0.3) is 11.0 Å². The summed E-state index contributed by atoms with van der Waals surface area (Å²) >= 11 is 0. The van der Waals surface area contributed by atoms with Crippen molar-refractivity contribution in [3.8, 4) is 5.75 Å². The van der Waals surface area contributed by atoms with Gasteiger partial charge < -0.3 is 29.0 Å². The smallest absolute Gasteiger partial charge is 0.444 e. The lowest BCUT2D eigenvalue weighted by molar-refractivity contribution is 0.0499. The second kappa shape index (κ2) is 10.4. The number of amides is 1. The third kappa shape index (κ3) is 6.24. The Labute approximate surface area is 209 Å². The largest absolute Gasteiger partial charge is 0.513 e. The molecule has 4 rings (SSSR count). The minimum absolute atomic E-state index is 0.106. The molecule has 0 aliphatic carbocycles. The van der Waals surface area contributed by atoms with Crippen molar-refractivity contribution < 1.29 is 28.2 Å². The summed E-state index contributed by atoms with van der Waals surface area (Å²) in [5.74, 6) is 0.722. The van der Waals surface area contributed by atoms with E-state index in [1.54, 1.807) is 30.3 Å². The molecule has 36 heavy (non-hydrogen) atoms. The van der Waals surface area contributed by atoms with E-state index in [0.717, 1.165) is 30.5 Å². The minimum Gasteiger partial charge on any atom is -0.444 e. The normalized spacial score (nSPS) is 16.0. The first kappa shape index (κ1) is 25.3. The summed E-state index contributed by atoms with van der Waals surface area (Å²) in [6, 6.07) is 11.3. The Hall–Kier alpha value is -3.82. The summed E-state index contributed by atoms with van der Waals surface area (Å²) in [4.78, 5) is 31.0. The average molecular weight is 499 g/mol. The summed E-state index contributed by atoms with van der Waals surface area (Å²) in [7, 11) is 1.25. The van der Waals surface area contributed by atoms with Crippen molar-refractivity contribution in [1.29, 1.82) is 0 Å². The van der Waals surface area contributed by atoms with Crippen LogP contribution in [0.5, 0.6) is 5.75 Å². The van der Waals surface area contributed by atoms with Crippen molar-refractivity contribution in [1.82, 2.24) is 14.9 Å². The molecule has 3 aromatic rings. The van der Waals surface area contributed by atoms with E-state index < -0.39 is 17.8 Å². The summed E-state index contributed by atoms with van der Waals surface area (Å²) in [6.07, 6.45) is 0.423. The first-order valence-electron chi connectivity index (χ1n) is 11.9. The zero-order chi connectivity index (χ0) is 25.9. The molecule has 0 saturated carbocycles. The summed E-state index contributed by atoms with van der Waals surface area (Å²) in [5.41, 5.74) is 1.77. The fourth-order valence-corrected chi connectivity index (χ4v) is 4.21. The van der Waals surface area contributed by atoms with Gasteiger partial charge in [-0.15, -0.1) is 0 Å². The Morgan fingerprint density at radius 1 is 1.17 bits per heavy atom. The SMILES string of the molecule is COC(=O)Oc1ccc2nc(N3CCC[C@@H](NC(=O)OC(C)(C)C)C3)n(Cc3ccc(F)cc3)c2c1. The first-order valence-corrected chi connectivity index (χ1v) is 11.9. The van der Waals surface area contributed by atoms with E-state index in [2.05, 4.69) is 15.0 Å². The highest BCUT2D eigenvalue weighted by molar-refractivity contribution is 5.81. The van der Waals surface area contributed by atoms with Gasteiger partial charge in [0.05, 0.1) is 24.7 Å². The van der Waals surface area contributed by atoms with Gasteiger partial charge in [-0.25, -0.2) is 19.0 Å². The van der Waals surface area contributed by atoms with Crippen LogP contribution in [0.4, 0.5) is 19.9 Å². The number of carbonyl (C=O) groups is 2. The number of piperidine rings is 1. The van der Waals surface area contributed by atoms with Crippen LogP contribution in [0.1, 0.15) is 39.2 Å². The van der Waals surface area contributed by atoms with Gasteiger partial charge in [-0.05, 0) is 63.4 Å². The number of fused-ring (bicyclic) bond motifs is 1. The van der Waals surface area contributed by atoms with E-state index in [0.29, 0.717) is 30.3 Å². The highest BCUT2D eigenvalue weighted by Gasteiger charge is 2.27. The van der Waals surface area contributed by atoms with Crippen LogP contribution >= 0.6 is 0 Å². The van der Waals surface area contributed by atoms with Crippen LogP contribution in [0.3, 0.4) is 0 Å². The summed E-state index contributed by atoms with van der Waals surface area (Å²) in [6.45, 7) is 7.22. The number of benzene rings is 2. The number of halogens is 1. The number of hydrogen-bond acceptors (Lipinski definition) is 7. The number of rotatable bonds is 5. The summed E-state index contributed by atoms with van der Waals surface area (Å²) < 4.78 is 30.8. The molecule has 0 spiro atoms. The van der Waals surface area contributed by atoms with Gasteiger partial charge >= 0.3 is 12.2 Å². The number of imidazole rings is 1. The monoisotopic (exact) mass is 498 g/mol. The van der Waals surface area contributed by atoms with Crippen molar-refractivity contribution >= 4 is 29.2 Å². The van der Waals surface area contributed by atoms with Crippen LogP contribution in [0.2, 0.25) is 0 Å². The number of alkyl carbamates (subject to hydrolysis) is 1. The zero-order valence-electron chi connectivity index (χ0n) is 20.9. The summed E-state index contributed by atoms with van der Waals surface area (Å²) in [5, 5.41) is 2.97. The lowest BCUT2D eigenvalue weighted by atomic mass is 10.1. The number of hydrogen-bond donors (Lipinski definition) is 1. The molecule has 10 heteroatoms. The fourth-order valence-electron chi connectivity index (χ4n) is 4.21. The second-order valence-electron chi connectivity index (χ2n) is 9.76. The van der Waals surface area contributed by atoms with Gasteiger partial charge in [-0.2, -0.15) is 0 Å². The maximum Gasteiger partial charge on any atom is 0.513 e. The van der Waals surface area contributed by atoms with Crippen LogP contribution < -0.4 is 15.0 Å². The number of aromatic nitrogens is 2. The van der Waals surface area contributed by atoms with Gasteiger partial charge in [-0.1, -0.05) is 12.1 Å². The molecule has 2 heterocycles. The zero-order valence-corrected chi connectivity index (χ0v) is 20.9. The van der Waals surface area contributed by atoms with Crippen LogP contribution in [-0.2, 0) is 16.0 Å². The Kier molecular flexibility index (Phi) is 7.32. The van der Waals surface area contributed by atoms with Crippen LogP contribution in [0.15, 0.2) is 42.5 Å². The Balaban J connectivity index is 1.65. The predicted octanol–water partition coefficient (Wildman–Crippen LogP) is 4.86. The molecule has 1 atom stereocenters. The fraction of sp³-hybridized carbons (Fsp3) is 0.423. The number of nitrogens with one attached hydrogen (secondary N) is 1. The average Bonchev–Trinajstić information content (AvgIpc) is 3.17. The van der Waals surface area contributed by atoms with E-state index in [1.165, 1.54) is 19.2 Å². The van der Waals surface area contributed by atoms with Gasteiger partial charge in [0.25, 0.3) is 0 Å². The molecule has 1 N–H and O–H groups in total. The molecule has 192 valence electrons. The predicted molar refractivity (Wildman–Crippen MR) is 133 cm³/mol. The molecule has 2 aromatic carbocycles. The van der Waals surface area contributed by atoms with E-state index in [4.69, 9.17) is 14.5 Å².